The van der Waals surface area contributed by atoms with Gasteiger partial charge in [0.1, 0.15) is 17.4 Å². The highest BCUT2D eigenvalue weighted by Crippen LogP contribution is 2.48. The molecule has 2 aliphatic rings. The van der Waals surface area contributed by atoms with E-state index in [0.717, 1.165) is 0 Å². The standard InChI is InChI=1S/C21H22F2N2O4/c1-4-27-15-7-11(5-6-14(15)29-20(22)23)17-12(10-24)19(25)28-16-9-21(2,3)8-13(26)18(16)17/h5-7,17,20H,4,8-9,25H2,1-3H3/t17-/m0/s1. The number of allylic oxidation sites excluding steroid dienone is 3. The molecule has 0 unspecified atom stereocenters. The van der Waals surface area contributed by atoms with Gasteiger partial charge in [-0.1, -0.05) is 19.9 Å². The molecule has 1 aliphatic carbocycles. The van der Waals surface area contributed by atoms with Crippen molar-refractivity contribution in [1.29, 1.82) is 5.26 Å². The minimum Gasteiger partial charge on any atom is -0.490 e. The van der Waals surface area contributed by atoms with Crippen LogP contribution in [-0.2, 0) is 9.53 Å². The van der Waals surface area contributed by atoms with Crippen LogP contribution >= 0.6 is 0 Å². The zero-order valence-electron chi connectivity index (χ0n) is 16.4. The summed E-state index contributed by atoms with van der Waals surface area (Å²) in [5.41, 5.74) is 6.68. The average molecular weight is 404 g/mol. The molecule has 1 aliphatic heterocycles. The second kappa shape index (κ2) is 7.74. The van der Waals surface area contributed by atoms with Crippen LogP contribution in [0.4, 0.5) is 8.78 Å². The summed E-state index contributed by atoms with van der Waals surface area (Å²) in [6.07, 6.45) is 0.796. The van der Waals surface area contributed by atoms with Crippen molar-refractivity contribution < 1.29 is 27.8 Å². The predicted octanol–water partition coefficient (Wildman–Crippen LogP) is 4.14. The molecule has 0 saturated carbocycles. The fourth-order valence-corrected chi connectivity index (χ4v) is 3.78. The number of hydrogen-bond donors (Lipinski definition) is 1. The molecule has 1 aromatic carbocycles. The minimum atomic E-state index is -3.01. The van der Waals surface area contributed by atoms with Crippen LogP contribution < -0.4 is 15.2 Å². The molecule has 8 heteroatoms. The highest BCUT2D eigenvalue weighted by molar-refractivity contribution is 6.00. The summed E-state index contributed by atoms with van der Waals surface area (Å²) < 4.78 is 41.0. The van der Waals surface area contributed by atoms with Crippen molar-refractivity contribution in [3.05, 3.63) is 46.6 Å². The van der Waals surface area contributed by atoms with Crippen LogP contribution in [0.1, 0.15) is 45.1 Å². The lowest BCUT2D eigenvalue weighted by molar-refractivity contribution is -0.119. The third-order valence-corrected chi connectivity index (χ3v) is 4.89. The number of nitrogens with two attached hydrogens (primary N) is 1. The highest BCUT2D eigenvalue weighted by atomic mass is 19.3. The van der Waals surface area contributed by atoms with Crippen molar-refractivity contribution in [2.45, 2.75) is 46.1 Å². The molecule has 1 heterocycles. The number of nitrogens with zero attached hydrogens (tertiary/aromatic N) is 1. The summed E-state index contributed by atoms with van der Waals surface area (Å²) in [7, 11) is 0. The van der Waals surface area contributed by atoms with E-state index in [0.29, 0.717) is 29.7 Å². The largest absolute Gasteiger partial charge is 0.490 e. The number of hydrogen-bond acceptors (Lipinski definition) is 6. The molecule has 2 N–H and O–H groups in total. The predicted molar refractivity (Wildman–Crippen MR) is 99.9 cm³/mol. The number of benzene rings is 1. The Hall–Kier alpha value is -3.08. The quantitative estimate of drug-likeness (QED) is 0.793. The van der Waals surface area contributed by atoms with E-state index >= 15 is 0 Å². The molecule has 0 spiro atoms. The Labute approximate surface area is 167 Å². The Morgan fingerprint density at radius 3 is 2.69 bits per heavy atom. The van der Waals surface area contributed by atoms with Crippen molar-refractivity contribution in [3.63, 3.8) is 0 Å². The molecule has 0 radical (unpaired) electrons. The van der Waals surface area contributed by atoms with Gasteiger partial charge in [0.15, 0.2) is 17.3 Å². The smallest absolute Gasteiger partial charge is 0.387 e. The molecule has 6 nitrogen and oxygen atoms in total. The normalized spacial score (nSPS) is 20.9. The molecular formula is C21H22F2N2O4. The van der Waals surface area contributed by atoms with E-state index in [9.17, 15) is 18.8 Å². The number of nitriles is 1. The van der Waals surface area contributed by atoms with E-state index in [1.807, 2.05) is 19.9 Å². The van der Waals surface area contributed by atoms with Gasteiger partial charge < -0.3 is 19.9 Å². The first kappa shape index (κ1) is 20.6. The molecule has 29 heavy (non-hydrogen) atoms. The minimum absolute atomic E-state index is 0.0624. The third kappa shape index (κ3) is 4.04. The number of Topliss-reactive ketones (excluding diaryl/α,β-unsaturated/α-hetero) is 1. The van der Waals surface area contributed by atoms with Gasteiger partial charge in [-0.2, -0.15) is 14.0 Å². The van der Waals surface area contributed by atoms with E-state index in [2.05, 4.69) is 4.74 Å². The van der Waals surface area contributed by atoms with E-state index in [4.69, 9.17) is 15.2 Å². The van der Waals surface area contributed by atoms with Gasteiger partial charge >= 0.3 is 6.61 Å². The van der Waals surface area contributed by atoms with Gasteiger partial charge in [0.2, 0.25) is 5.88 Å². The first-order chi connectivity index (χ1) is 13.7. The monoisotopic (exact) mass is 404 g/mol. The number of rotatable bonds is 5. The van der Waals surface area contributed by atoms with Gasteiger partial charge in [-0.3, -0.25) is 4.79 Å². The molecule has 0 aromatic heterocycles. The Balaban J connectivity index is 2.14. The number of carbonyl (C=O) groups excluding carboxylic acids is 1. The second-order valence-corrected chi connectivity index (χ2v) is 7.72. The number of alkyl halides is 2. The number of ketones is 1. The van der Waals surface area contributed by atoms with Crippen molar-refractivity contribution in [3.8, 4) is 17.6 Å². The topological polar surface area (TPSA) is 94.6 Å². The maximum absolute atomic E-state index is 13.0. The molecule has 1 aromatic rings. The van der Waals surface area contributed by atoms with Crippen molar-refractivity contribution >= 4 is 5.78 Å². The third-order valence-electron chi connectivity index (χ3n) is 4.89. The number of ether oxygens (including phenoxy) is 3. The summed E-state index contributed by atoms with van der Waals surface area (Å²) >= 11 is 0. The van der Waals surface area contributed by atoms with Crippen LogP contribution in [0.3, 0.4) is 0 Å². The fraction of sp³-hybridized carbons (Fsp3) is 0.429. The average Bonchev–Trinajstić information content (AvgIpc) is 2.60. The summed E-state index contributed by atoms with van der Waals surface area (Å²) in [6.45, 7) is 2.83. The summed E-state index contributed by atoms with van der Waals surface area (Å²) in [5, 5.41) is 9.66. The van der Waals surface area contributed by atoms with Gasteiger partial charge in [0, 0.05) is 18.4 Å². The van der Waals surface area contributed by atoms with Gasteiger partial charge in [-0.25, -0.2) is 0 Å². The first-order valence-corrected chi connectivity index (χ1v) is 9.22. The number of carbonyl (C=O) groups is 1. The zero-order valence-corrected chi connectivity index (χ0v) is 16.4. The van der Waals surface area contributed by atoms with Crippen LogP contribution in [0.15, 0.2) is 41.0 Å². The van der Waals surface area contributed by atoms with Crippen LogP contribution in [0.5, 0.6) is 11.5 Å². The maximum Gasteiger partial charge on any atom is 0.387 e. The van der Waals surface area contributed by atoms with E-state index in [-0.39, 0.29) is 40.8 Å². The summed E-state index contributed by atoms with van der Waals surface area (Å²) in [4.78, 5) is 13.0. The summed E-state index contributed by atoms with van der Waals surface area (Å²) in [5.74, 6) is -0.539. The molecule has 0 bridgehead atoms. The van der Waals surface area contributed by atoms with Gasteiger partial charge in [-0.15, -0.1) is 0 Å². The lowest BCUT2D eigenvalue weighted by Crippen LogP contribution is -2.33. The van der Waals surface area contributed by atoms with Crippen LogP contribution in [0, 0.1) is 16.7 Å². The Morgan fingerprint density at radius 2 is 2.07 bits per heavy atom. The Bertz CT molecular complexity index is 944. The molecule has 0 saturated heterocycles. The molecule has 0 fully saturated rings. The lowest BCUT2D eigenvalue weighted by atomic mass is 9.70. The van der Waals surface area contributed by atoms with Gasteiger partial charge in [0.25, 0.3) is 0 Å². The van der Waals surface area contributed by atoms with Crippen LogP contribution in [0.2, 0.25) is 0 Å². The Kier molecular flexibility index (Phi) is 5.51. The Morgan fingerprint density at radius 1 is 1.34 bits per heavy atom. The number of halogens is 2. The lowest BCUT2D eigenvalue weighted by Gasteiger charge is -2.37. The van der Waals surface area contributed by atoms with E-state index in [1.165, 1.54) is 18.2 Å². The van der Waals surface area contributed by atoms with Crippen LogP contribution in [-0.4, -0.2) is 19.0 Å². The molecule has 154 valence electrons. The highest BCUT2D eigenvalue weighted by Gasteiger charge is 2.43. The van der Waals surface area contributed by atoms with Gasteiger partial charge in [-0.05, 0) is 30.0 Å². The van der Waals surface area contributed by atoms with Gasteiger partial charge in [0.05, 0.1) is 12.5 Å². The molecule has 3 rings (SSSR count). The van der Waals surface area contributed by atoms with E-state index in [1.54, 1.807) is 6.92 Å². The van der Waals surface area contributed by atoms with Crippen molar-refractivity contribution in [2.24, 2.45) is 11.1 Å². The van der Waals surface area contributed by atoms with E-state index < -0.39 is 12.5 Å². The fourth-order valence-electron chi connectivity index (χ4n) is 3.78. The zero-order chi connectivity index (χ0) is 21.3. The van der Waals surface area contributed by atoms with Crippen LogP contribution in [0.25, 0.3) is 0 Å². The maximum atomic E-state index is 13.0. The molecular weight excluding hydrogens is 382 g/mol. The molecule has 1 atom stereocenters. The van der Waals surface area contributed by atoms with Crippen molar-refractivity contribution in [2.75, 3.05) is 6.61 Å². The van der Waals surface area contributed by atoms with Crippen molar-refractivity contribution in [1.82, 2.24) is 0 Å². The molecule has 0 amide bonds. The summed E-state index contributed by atoms with van der Waals surface area (Å²) in [6, 6.07) is 6.39. The first-order valence-electron chi connectivity index (χ1n) is 9.22. The second-order valence-electron chi connectivity index (χ2n) is 7.72. The SMILES string of the molecule is CCOc1cc([C@H]2C(C#N)=C(N)OC3=C2C(=O)CC(C)(C)C3)ccc1OC(F)F.